The lowest BCUT2D eigenvalue weighted by molar-refractivity contribution is 0.765. The molecule has 0 N–H and O–H groups in total. The highest BCUT2D eigenvalue weighted by molar-refractivity contribution is 9.10. The summed E-state index contributed by atoms with van der Waals surface area (Å²) >= 11 is 9.26. The van der Waals surface area contributed by atoms with Crippen molar-refractivity contribution < 1.29 is 0 Å². The minimum atomic E-state index is 0.723. The van der Waals surface area contributed by atoms with Crippen molar-refractivity contribution in [2.45, 2.75) is 13.5 Å². The van der Waals surface area contributed by atoms with E-state index in [1.165, 1.54) is 0 Å². The van der Waals surface area contributed by atoms with E-state index in [0.717, 1.165) is 27.3 Å². The molecule has 0 unspecified atom stereocenters. The smallest absolute Gasteiger partial charge is 0.178 e. The predicted octanol–water partition coefficient (Wildman–Crippen LogP) is 3.47. The van der Waals surface area contributed by atoms with Crippen LogP contribution in [-0.2, 0) is 6.54 Å². The molecule has 0 bridgehead atoms. The minimum absolute atomic E-state index is 0.723. The molecule has 4 heteroatoms. The second kappa shape index (κ2) is 3.31. The Labute approximate surface area is 89.7 Å². The standard InChI is InChI=1S/C9H8BrClN2/c1-2-13-8-4-3-6(11)5-7(8)12-9(13)10/h3-5H,2H2,1H3. The number of aromatic nitrogens is 2. The Bertz CT molecular complexity index is 450. The normalized spacial score (nSPS) is 11.0. The van der Waals surface area contributed by atoms with Gasteiger partial charge in [-0.15, -0.1) is 0 Å². The van der Waals surface area contributed by atoms with Crippen molar-refractivity contribution in [1.29, 1.82) is 0 Å². The van der Waals surface area contributed by atoms with Crippen molar-refractivity contribution in [3.05, 3.63) is 28.0 Å². The van der Waals surface area contributed by atoms with E-state index in [9.17, 15) is 0 Å². The van der Waals surface area contributed by atoms with Crippen LogP contribution >= 0.6 is 27.5 Å². The first-order valence-corrected chi connectivity index (χ1v) is 5.20. The Morgan fingerprint density at radius 2 is 2.31 bits per heavy atom. The van der Waals surface area contributed by atoms with Crippen molar-refractivity contribution in [3.8, 4) is 0 Å². The van der Waals surface area contributed by atoms with Crippen LogP contribution in [-0.4, -0.2) is 9.55 Å². The third-order valence-corrected chi connectivity index (χ3v) is 2.82. The Kier molecular flexibility index (Phi) is 2.30. The molecule has 2 rings (SSSR count). The maximum absolute atomic E-state index is 5.86. The van der Waals surface area contributed by atoms with Gasteiger partial charge in [-0.05, 0) is 41.1 Å². The van der Waals surface area contributed by atoms with E-state index >= 15 is 0 Å². The van der Waals surface area contributed by atoms with Crippen LogP contribution in [0.2, 0.25) is 5.02 Å². The monoisotopic (exact) mass is 258 g/mol. The van der Waals surface area contributed by atoms with Gasteiger partial charge in [-0.25, -0.2) is 4.98 Å². The number of rotatable bonds is 1. The zero-order valence-electron chi connectivity index (χ0n) is 7.09. The largest absolute Gasteiger partial charge is 0.319 e. The van der Waals surface area contributed by atoms with Crippen molar-refractivity contribution in [3.63, 3.8) is 0 Å². The number of hydrogen-bond acceptors (Lipinski definition) is 1. The average molecular weight is 260 g/mol. The van der Waals surface area contributed by atoms with Crippen LogP contribution in [0.4, 0.5) is 0 Å². The van der Waals surface area contributed by atoms with Gasteiger partial charge in [0.1, 0.15) is 0 Å². The van der Waals surface area contributed by atoms with Gasteiger partial charge in [0, 0.05) is 11.6 Å². The number of aryl methyl sites for hydroxylation is 1. The summed E-state index contributed by atoms with van der Waals surface area (Å²) in [6, 6.07) is 5.73. The van der Waals surface area contributed by atoms with Gasteiger partial charge in [-0.3, -0.25) is 0 Å². The number of halogens is 2. The van der Waals surface area contributed by atoms with Crippen LogP contribution in [0.1, 0.15) is 6.92 Å². The molecule has 0 aliphatic carbocycles. The first-order chi connectivity index (χ1) is 6.22. The van der Waals surface area contributed by atoms with E-state index in [1.54, 1.807) is 0 Å². The van der Waals surface area contributed by atoms with E-state index in [0.29, 0.717) is 0 Å². The molecule has 0 aliphatic rings. The first-order valence-electron chi connectivity index (χ1n) is 4.03. The molecule has 2 nitrogen and oxygen atoms in total. The van der Waals surface area contributed by atoms with Crippen LogP contribution in [0.15, 0.2) is 22.9 Å². The predicted molar refractivity (Wildman–Crippen MR) is 58.1 cm³/mol. The molecule has 0 aliphatic heterocycles. The lowest BCUT2D eigenvalue weighted by Crippen LogP contribution is -1.92. The zero-order chi connectivity index (χ0) is 9.42. The van der Waals surface area contributed by atoms with Gasteiger partial charge in [-0.2, -0.15) is 0 Å². The van der Waals surface area contributed by atoms with E-state index in [1.807, 2.05) is 18.2 Å². The molecule has 2 aromatic rings. The highest BCUT2D eigenvalue weighted by atomic mass is 79.9. The van der Waals surface area contributed by atoms with Crippen molar-refractivity contribution in [2.24, 2.45) is 0 Å². The lowest BCUT2D eigenvalue weighted by atomic mass is 10.3. The number of hydrogen-bond donors (Lipinski definition) is 0. The molecule has 1 aromatic heterocycles. The summed E-state index contributed by atoms with van der Waals surface area (Å²) in [7, 11) is 0. The quantitative estimate of drug-likeness (QED) is 0.767. The Morgan fingerprint density at radius 3 is 3.00 bits per heavy atom. The molecule has 1 heterocycles. The Balaban J connectivity index is 2.79. The minimum Gasteiger partial charge on any atom is -0.319 e. The van der Waals surface area contributed by atoms with Gasteiger partial charge in [0.15, 0.2) is 4.73 Å². The molecular weight excluding hydrogens is 251 g/mol. The number of nitrogens with zero attached hydrogens (tertiary/aromatic N) is 2. The SMILES string of the molecule is CCn1c(Br)nc2cc(Cl)ccc21. The lowest BCUT2D eigenvalue weighted by Gasteiger charge is -1.99. The topological polar surface area (TPSA) is 17.8 Å². The fourth-order valence-corrected chi connectivity index (χ4v) is 2.17. The molecule has 68 valence electrons. The van der Waals surface area contributed by atoms with Crippen LogP contribution < -0.4 is 0 Å². The van der Waals surface area contributed by atoms with Gasteiger partial charge in [0.25, 0.3) is 0 Å². The van der Waals surface area contributed by atoms with E-state index < -0.39 is 0 Å². The molecule has 1 aromatic carbocycles. The van der Waals surface area contributed by atoms with Gasteiger partial charge in [-0.1, -0.05) is 11.6 Å². The molecule has 0 atom stereocenters. The third-order valence-electron chi connectivity index (χ3n) is 1.98. The third kappa shape index (κ3) is 1.46. The van der Waals surface area contributed by atoms with Gasteiger partial charge in [0.05, 0.1) is 11.0 Å². The Hall–Kier alpha value is -0.540. The second-order valence-corrected chi connectivity index (χ2v) is 3.90. The summed E-state index contributed by atoms with van der Waals surface area (Å²) in [5.41, 5.74) is 2.04. The molecule has 0 saturated heterocycles. The maximum atomic E-state index is 5.86. The summed E-state index contributed by atoms with van der Waals surface area (Å²) in [5, 5.41) is 0.723. The van der Waals surface area contributed by atoms with Crippen LogP contribution in [0.3, 0.4) is 0 Å². The molecule has 0 saturated carbocycles. The summed E-state index contributed by atoms with van der Waals surface area (Å²) in [6.45, 7) is 2.99. The molecule has 0 fully saturated rings. The van der Waals surface area contributed by atoms with Gasteiger partial charge in [0.2, 0.25) is 0 Å². The second-order valence-electron chi connectivity index (χ2n) is 2.76. The van der Waals surface area contributed by atoms with Crippen LogP contribution in [0, 0.1) is 0 Å². The first kappa shape index (κ1) is 9.03. The van der Waals surface area contributed by atoms with Crippen molar-refractivity contribution >= 4 is 38.6 Å². The molecule has 0 amide bonds. The molecule has 13 heavy (non-hydrogen) atoms. The fraction of sp³-hybridized carbons (Fsp3) is 0.222. The van der Waals surface area contributed by atoms with Gasteiger partial charge >= 0.3 is 0 Å². The van der Waals surface area contributed by atoms with E-state index in [-0.39, 0.29) is 0 Å². The number of benzene rings is 1. The summed E-state index contributed by atoms with van der Waals surface area (Å²) in [6.07, 6.45) is 0. The molecule has 0 spiro atoms. The Morgan fingerprint density at radius 1 is 1.54 bits per heavy atom. The van der Waals surface area contributed by atoms with Crippen molar-refractivity contribution in [1.82, 2.24) is 9.55 Å². The maximum Gasteiger partial charge on any atom is 0.178 e. The summed E-state index contributed by atoms with van der Waals surface area (Å²) in [4.78, 5) is 4.34. The fourth-order valence-electron chi connectivity index (χ4n) is 1.37. The number of imidazole rings is 1. The van der Waals surface area contributed by atoms with Crippen LogP contribution in [0.25, 0.3) is 11.0 Å². The highest BCUT2D eigenvalue weighted by Crippen LogP contribution is 2.22. The summed E-state index contributed by atoms with van der Waals surface area (Å²) in [5.74, 6) is 0. The van der Waals surface area contributed by atoms with Crippen LogP contribution in [0.5, 0.6) is 0 Å². The highest BCUT2D eigenvalue weighted by Gasteiger charge is 2.06. The molecule has 0 radical (unpaired) electrons. The average Bonchev–Trinajstić information content (AvgIpc) is 2.39. The van der Waals surface area contributed by atoms with Gasteiger partial charge < -0.3 is 4.57 Å². The van der Waals surface area contributed by atoms with Crippen molar-refractivity contribution in [2.75, 3.05) is 0 Å². The van der Waals surface area contributed by atoms with E-state index in [4.69, 9.17) is 11.6 Å². The molecular formula is C9H8BrClN2. The zero-order valence-corrected chi connectivity index (χ0v) is 9.43. The van der Waals surface area contributed by atoms with E-state index in [2.05, 4.69) is 32.4 Å². The number of fused-ring (bicyclic) bond motifs is 1. The summed E-state index contributed by atoms with van der Waals surface area (Å²) < 4.78 is 2.94.